The van der Waals surface area contributed by atoms with Crippen molar-refractivity contribution in [2.45, 2.75) is 39.3 Å². The van der Waals surface area contributed by atoms with Crippen molar-refractivity contribution in [3.05, 3.63) is 46.1 Å². The van der Waals surface area contributed by atoms with Gasteiger partial charge in [-0.15, -0.1) is 0 Å². The summed E-state index contributed by atoms with van der Waals surface area (Å²) in [5, 5.41) is 1.11. The Morgan fingerprint density at radius 1 is 1.40 bits per heavy atom. The summed E-state index contributed by atoms with van der Waals surface area (Å²) < 4.78 is 5.41. The van der Waals surface area contributed by atoms with E-state index in [0.29, 0.717) is 39.2 Å². The number of halogens is 1. The molecule has 1 aromatic carbocycles. The number of ether oxygens (including phenoxy) is 1. The lowest BCUT2D eigenvalue weighted by Gasteiger charge is -2.39. The Hall–Kier alpha value is -1.79. The molecule has 2 aliphatic rings. The fourth-order valence-corrected chi connectivity index (χ4v) is 4.17. The Balaban J connectivity index is 2.17. The summed E-state index contributed by atoms with van der Waals surface area (Å²) in [5.74, 6) is 0.149. The van der Waals surface area contributed by atoms with Gasteiger partial charge in [-0.3, -0.25) is 9.69 Å². The van der Waals surface area contributed by atoms with Crippen LogP contribution in [-0.4, -0.2) is 33.8 Å². The molecule has 0 aromatic heterocycles. The minimum atomic E-state index is -0.618. The molecular formula is C18H19ClN2O3S. The molecule has 7 heteroatoms. The van der Waals surface area contributed by atoms with Gasteiger partial charge in [-0.2, -0.15) is 0 Å². The summed E-state index contributed by atoms with van der Waals surface area (Å²) in [6, 6.07) is 6.63. The lowest BCUT2D eigenvalue weighted by atomic mass is 9.94. The van der Waals surface area contributed by atoms with Gasteiger partial charge in [-0.25, -0.2) is 9.79 Å². The van der Waals surface area contributed by atoms with Gasteiger partial charge in [0.15, 0.2) is 5.17 Å². The van der Waals surface area contributed by atoms with Crippen molar-refractivity contribution in [1.29, 1.82) is 0 Å². The fourth-order valence-electron chi connectivity index (χ4n) is 2.93. The predicted molar refractivity (Wildman–Crippen MR) is 99.5 cm³/mol. The number of esters is 1. The number of thioether (sulfide) groups is 1. The molecule has 1 saturated heterocycles. The summed E-state index contributed by atoms with van der Waals surface area (Å²) >= 11 is 7.91. The fraction of sp³-hybridized carbons (Fsp3) is 0.389. The SMILES string of the molecule is CC1=C(C(=O)OC(C)C)[C@H](c2ccccc2Cl)N2C(=O)CCSC2=N1. The van der Waals surface area contributed by atoms with E-state index < -0.39 is 12.0 Å². The van der Waals surface area contributed by atoms with Crippen LogP contribution in [0.5, 0.6) is 0 Å². The molecule has 5 nitrogen and oxygen atoms in total. The molecule has 0 aliphatic carbocycles. The number of amidine groups is 1. The van der Waals surface area contributed by atoms with E-state index in [1.165, 1.54) is 11.8 Å². The number of hydrogen-bond donors (Lipinski definition) is 0. The monoisotopic (exact) mass is 378 g/mol. The average Bonchev–Trinajstić information content (AvgIpc) is 2.53. The van der Waals surface area contributed by atoms with E-state index in [1.807, 2.05) is 18.2 Å². The van der Waals surface area contributed by atoms with Crippen LogP contribution in [0, 0.1) is 0 Å². The van der Waals surface area contributed by atoms with Crippen molar-refractivity contribution in [3.8, 4) is 0 Å². The quantitative estimate of drug-likeness (QED) is 0.747. The summed E-state index contributed by atoms with van der Waals surface area (Å²) in [4.78, 5) is 31.5. The van der Waals surface area contributed by atoms with Crippen LogP contribution in [0.2, 0.25) is 5.02 Å². The second kappa shape index (κ2) is 7.22. The number of aliphatic imine (C=N–C) groups is 1. The second-order valence-corrected chi connectivity index (χ2v) is 7.60. The van der Waals surface area contributed by atoms with Crippen LogP contribution in [0.4, 0.5) is 0 Å². The van der Waals surface area contributed by atoms with Crippen LogP contribution in [0.15, 0.2) is 40.5 Å². The maximum Gasteiger partial charge on any atom is 0.338 e. The van der Waals surface area contributed by atoms with Crippen molar-refractivity contribution in [3.63, 3.8) is 0 Å². The summed E-state index contributed by atoms with van der Waals surface area (Å²) in [5.41, 5.74) is 1.62. The van der Waals surface area contributed by atoms with Crippen molar-refractivity contribution < 1.29 is 14.3 Å². The normalized spacial score (nSPS) is 20.5. The molecule has 1 amide bonds. The second-order valence-electron chi connectivity index (χ2n) is 6.13. The summed E-state index contributed by atoms with van der Waals surface area (Å²) in [6.45, 7) is 5.35. The topological polar surface area (TPSA) is 59.0 Å². The predicted octanol–water partition coefficient (Wildman–Crippen LogP) is 3.94. The molecule has 3 rings (SSSR count). The molecule has 1 atom stereocenters. The smallest absolute Gasteiger partial charge is 0.338 e. The van der Waals surface area contributed by atoms with E-state index in [2.05, 4.69) is 4.99 Å². The Kier molecular flexibility index (Phi) is 5.20. The lowest BCUT2D eigenvalue weighted by Crippen LogP contribution is -2.46. The molecule has 0 saturated carbocycles. The van der Waals surface area contributed by atoms with Crippen molar-refractivity contribution in [2.24, 2.45) is 4.99 Å². The van der Waals surface area contributed by atoms with Gasteiger partial charge >= 0.3 is 5.97 Å². The van der Waals surface area contributed by atoms with Gasteiger partial charge in [0.25, 0.3) is 0 Å². The van der Waals surface area contributed by atoms with Gasteiger partial charge in [0.2, 0.25) is 5.91 Å². The number of nitrogens with zero attached hydrogens (tertiary/aromatic N) is 2. The van der Waals surface area contributed by atoms with Crippen LogP contribution in [0.3, 0.4) is 0 Å². The first-order chi connectivity index (χ1) is 11.9. The molecule has 2 heterocycles. The number of fused-ring (bicyclic) bond motifs is 1. The Labute approximate surface area is 156 Å². The summed E-state index contributed by atoms with van der Waals surface area (Å²) in [6.07, 6.45) is 0.132. The van der Waals surface area contributed by atoms with Crippen molar-refractivity contribution in [1.82, 2.24) is 4.90 Å². The first-order valence-electron chi connectivity index (χ1n) is 8.10. The number of rotatable bonds is 3. The number of amides is 1. The van der Waals surface area contributed by atoms with Crippen molar-refractivity contribution in [2.75, 3.05) is 5.75 Å². The third kappa shape index (κ3) is 3.46. The molecule has 1 aromatic rings. The molecule has 0 spiro atoms. The van der Waals surface area contributed by atoms with E-state index in [-0.39, 0.29) is 12.0 Å². The highest BCUT2D eigenvalue weighted by Gasteiger charge is 2.42. The first kappa shape index (κ1) is 18.0. The molecule has 0 unspecified atom stereocenters. The molecule has 0 N–H and O–H groups in total. The molecular weight excluding hydrogens is 360 g/mol. The Morgan fingerprint density at radius 3 is 2.80 bits per heavy atom. The zero-order valence-electron chi connectivity index (χ0n) is 14.3. The van der Waals surface area contributed by atoms with Crippen LogP contribution in [0.25, 0.3) is 0 Å². The van der Waals surface area contributed by atoms with Crippen LogP contribution in [0.1, 0.15) is 38.8 Å². The number of hydrogen-bond acceptors (Lipinski definition) is 5. The molecule has 2 aliphatic heterocycles. The highest BCUT2D eigenvalue weighted by atomic mass is 35.5. The number of benzene rings is 1. The van der Waals surface area contributed by atoms with Gasteiger partial charge in [0.1, 0.15) is 0 Å². The summed E-state index contributed by atoms with van der Waals surface area (Å²) in [7, 11) is 0. The average molecular weight is 379 g/mol. The van der Waals surface area contributed by atoms with E-state index in [0.717, 1.165) is 0 Å². The molecule has 0 radical (unpaired) electrons. The van der Waals surface area contributed by atoms with Crippen LogP contribution < -0.4 is 0 Å². The first-order valence-corrected chi connectivity index (χ1v) is 9.46. The van der Waals surface area contributed by atoms with E-state index in [1.54, 1.807) is 31.7 Å². The zero-order valence-corrected chi connectivity index (χ0v) is 15.9. The number of carbonyl (C=O) groups excluding carboxylic acids is 2. The van der Waals surface area contributed by atoms with Crippen LogP contribution in [-0.2, 0) is 14.3 Å². The maximum absolute atomic E-state index is 12.8. The highest BCUT2D eigenvalue weighted by molar-refractivity contribution is 8.14. The third-order valence-corrected chi connectivity index (χ3v) is 5.27. The number of carbonyl (C=O) groups is 2. The lowest BCUT2D eigenvalue weighted by molar-refractivity contribution is -0.143. The van der Waals surface area contributed by atoms with Gasteiger partial charge in [-0.1, -0.05) is 41.6 Å². The van der Waals surface area contributed by atoms with E-state index >= 15 is 0 Å². The van der Waals surface area contributed by atoms with Gasteiger partial charge in [0, 0.05) is 17.2 Å². The zero-order chi connectivity index (χ0) is 18.1. The van der Waals surface area contributed by atoms with Gasteiger partial charge in [-0.05, 0) is 32.4 Å². The molecule has 132 valence electrons. The van der Waals surface area contributed by atoms with Gasteiger partial charge < -0.3 is 4.74 Å². The standard InChI is InChI=1S/C18H19ClN2O3S/c1-10(2)24-17(23)15-11(3)20-18-21(14(22)8-9-25-18)16(15)12-6-4-5-7-13(12)19/h4-7,10,16H,8-9H2,1-3H3/t16-/m0/s1. The Bertz CT molecular complexity index is 788. The van der Waals surface area contributed by atoms with Crippen molar-refractivity contribution >= 4 is 40.4 Å². The highest BCUT2D eigenvalue weighted by Crippen LogP contribution is 2.42. The van der Waals surface area contributed by atoms with Crippen LogP contribution >= 0.6 is 23.4 Å². The molecule has 0 bridgehead atoms. The van der Waals surface area contributed by atoms with Gasteiger partial charge in [0.05, 0.1) is 23.4 Å². The minimum absolute atomic E-state index is 0.0650. The maximum atomic E-state index is 12.8. The number of allylic oxidation sites excluding steroid dienone is 1. The Morgan fingerprint density at radius 2 is 2.12 bits per heavy atom. The molecule has 25 heavy (non-hydrogen) atoms. The largest absolute Gasteiger partial charge is 0.459 e. The van der Waals surface area contributed by atoms with E-state index in [9.17, 15) is 9.59 Å². The van der Waals surface area contributed by atoms with E-state index in [4.69, 9.17) is 16.3 Å². The molecule has 1 fully saturated rings. The third-order valence-electron chi connectivity index (χ3n) is 3.97. The minimum Gasteiger partial charge on any atom is -0.459 e.